The molecule has 1 amide bonds. The van der Waals surface area contributed by atoms with Crippen molar-refractivity contribution in [2.24, 2.45) is 11.7 Å². The van der Waals surface area contributed by atoms with Crippen LogP contribution in [0.3, 0.4) is 0 Å². The lowest BCUT2D eigenvalue weighted by Crippen LogP contribution is -2.43. The van der Waals surface area contributed by atoms with Gasteiger partial charge >= 0.3 is 0 Å². The molecule has 0 fully saturated rings. The highest BCUT2D eigenvalue weighted by Crippen LogP contribution is 2.20. The van der Waals surface area contributed by atoms with Gasteiger partial charge in [0.2, 0.25) is 5.91 Å². The Morgan fingerprint density at radius 2 is 2.19 bits per heavy atom. The average Bonchev–Trinajstić information content (AvgIpc) is 2.59. The molecule has 0 saturated heterocycles. The van der Waals surface area contributed by atoms with Crippen LogP contribution in [0.4, 0.5) is 0 Å². The molecule has 0 aliphatic heterocycles. The van der Waals surface area contributed by atoms with Crippen LogP contribution in [0.25, 0.3) is 0 Å². The van der Waals surface area contributed by atoms with Crippen LogP contribution in [0.1, 0.15) is 18.7 Å². The molecule has 0 spiro atoms. The Morgan fingerprint density at radius 3 is 2.62 bits per heavy atom. The predicted octanol–water partition coefficient (Wildman–Crippen LogP) is 2.42. The van der Waals surface area contributed by atoms with Gasteiger partial charge in [-0.15, -0.1) is 23.7 Å². The zero-order valence-corrected chi connectivity index (χ0v) is 11.6. The summed E-state index contributed by atoms with van der Waals surface area (Å²) in [7, 11) is 0. The smallest absolute Gasteiger partial charge is 0.237 e. The van der Waals surface area contributed by atoms with Crippen molar-refractivity contribution in [2.45, 2.75) is 26.4 Å². The van der Waals surface area contributed by atoms with E-state index in [0.717, 1.165) is 9.21 Å². The minimum Gasteiger partial charge on any atom is -0.350 e. The molecule has 1 atom stereocenters. The van der Waals surface area contributed by atoms with Gasteiger partial charge in [0.1, 0.15) is 0 Å². The van der Waals surface area contributed by atoms with Gasteiger partial charge in [0.05, 0.1) is 16.9 Å². The zero-order valence-electron chi connectivity index (χ0n) is 9.20. The summed E-state index contributed by atoms with van der Waals surface area (Å²) in [5.74, 6) is 0.0337. The van der Waals surface area contributed by atoms with E-state index in [-0.39, 0.29) is 24.2 Å². The normalized spacial score (nSPS) is 12.1. The second-order valence-corrected chi connectivity index (χ2v) is 5.49. The first kappa shape index (κ1) is 15.7. The van der Waals surface area contributed by atoms with Crippen LogP contribution >= 0.6 is 35.3 Å². The second kappa shape index (κ2) is 7.12. The minimum absolute atomic E-state index is 0. The van der Waals surface area contributed by atoms with Gasteiger partial charge in [-0.25, -0.2) is 0 Å². The topological polar surface area (TPSA) is 55.1 Å². The Morgan fingerprint density at radius 1 is 1.56 bits per heavy atom. The maximum absolute atomic E-state index is 11.5. The Balaban J connectivity index is 0.00000225. The summed E-state index contributed by atoms with van der Waals surface area (Å²) >= 11 is 7.23. The molecule has 3 nitrogen and oxygen atoms in total. The van der Waals surface area contributed by atoms with Crippen LogP contribution < -0.4 is 11.1 Å². The fraction of sp³-hybridized carbons (Fsp3) is 0.500. The Bertz CT molecular complexity index is 341. The van der Waals surface area contributed by atoms with Crippen molar-refractivity contribution in [1.82, 2.24) is 5.32 Å². The highest BCUT2D eigenvalue weighted by Gasteiger charge is 2.16. The second-order valence-electron chi connectivity index (χ2n) is 3.69. The number of carbonyl (C=O) groups is 1. The third-order valence-electron chi connectivity index (χ3n) is 2.09. The molecule has 0 aliphatic carbocycles. The summed E-state index contributed by atoms with van der Waals surface area (Å²) in [6.45, 7) is 4.34. The van der Waals surface area contributed by atoms with Crippen molar-refractivity contribution in [3.05, 3.63) is 21.3 Å². The number of nitrogens with two attached hydrogens (primary N) is 1. The van der Waals surface area contributed by atoms with Crippen molar-refractivity contribution in [3.63, 3.8) is 0 Å². The SMILES string of the molecule is CC(C)[C@@H](N)C(=O)NCc1ccc(Cl)s1.Cl. The molecule has 0 unspecified atom stereocenters. The van der Waals surface area contributed by atoms with Crippen molar-refractivity contribution in [3.8, 4) is 0 Å². The van der Waals surface area contributed by atoms with Crippen LogP contribution in [0, 0.1) is 5.92 Å². The lowest BCUT2D eigenvalue weighted by molar-refractivity contribution is -0.123. The molecule has 16 heavy (non-hydrogen) atoms. The van der Waals surface area contributed by atoms with Gasteiger partial charge in [-0.3, -0.25) is 4.79 Å². The lowest BCUT2D eigenvalue weighted by Gasteiger charge is -2.14. The molecule has 0 bridgehead atoms. The molecule has 3 N–H and O–H groups in total. The molecule has 92 valence electrons. The number of halogens is 2. The Kier molecular flexibility index (Phi) is 6.99. The van der Waals surface area contributed by atoms with Crippen LogP contribution in [0.5, 0.6) is 0 Å². The Labute approximate surface area is 111 Å². The molecule has 0 radical (unpaired) electrons. The highest BCUT2D eigenvalue weighted by molar-refractivity contribution is 7.16. The van der Waals surface area contributed by atoms with Crippen LogP contribution in [0.15, 0.2) is 12.1 Å². The third-order valence-corrected chi connectivity index (χ3v) is 3.32. The summed E-state index contributed by atoms with van der Waals surface area (Å²) in [5, 5.41) is 2.78. The molecular formula is C10H16Cl2N2OS. The van der Waals surface area contributed by atoms with Gasteiger partial charge in [-0.2, -0.15) is 0 Å². The summed E-state index contributed by atoms with van der Waals surface area (Å²) in [6, 6.07) is 3.27. The minimum atomic E-state index is -0.444. The van der Waals surface area contributed by atoms with Gasteiger partial charge in [-0.1, -0.05) is 25.4 Å². The molecular weight excluding hydrogens is 267 g/mol. The van der Waals surface area contributed by atoms with Crippen molar-refractivity contribution >= 4 is 41.3 Å². The fourth-order valence-electron chi connectivity index (χ4n) is 1.04. The molecule has 0 aromatic carbocycles. The number of thiophene rings is 1. The number of hydrogen-bond donors (Lipinski definition) is 2. The van der Waals surface area contributed by atoms with Gasteiger partial charge in [-0.05, 0) is 18.1 Å². The molecule has 0 saturated carbocycles. The van der Waals surface area contributed by atoms with E-state index in [1.165, 1.54) is 11.3 Å². The van der Waals surface area contributed by atoms with Gasteiger partial charge in [0.15, 0.2) is 0 Å². The first-order valence-corrected chi connectivity index (χ1v) is 5.97. The number of carbonyl (C=O) groups excluding carboxylic acids is 1. The van der Waals surface area contributed by atoms with E-state index in [9.17, 15) is 4.79 Å². The van der Waals surface area contributed by atoms with E-state index < -0.39 is 6.04 Å². The standard InChI is InChI=1S/C10H15ClN2OS.ClH/c1-6(2)9(12)10(14)13-5-7-3-4-8(11)15-7;/h3-4,6,9H,5,12H2,1-2H3,(H,13,14);1H/t9-;/m1./s1. The first-order valence-electron chi connectivity index (χ1n) is 4.78. The largest absolute Gasteiger partial charge is 0.350 e. The van der Waals surface area contributed by atoms with Gasteiger partial charge in [0, 0.05) is 4.88 Å². The van der Waals surface area contributed by atoms with Crippen molar-refractivity contribution < 1.29 is 4.79 Å². The average molecular weight is 283 g/mol. The fourth-order valence-corrected chi connectivity index (χ4v) is 2.07. The van der Waals surface area contributed by atoms with Crippen molar-refractivity contribution in [1.29, 1.82) is 0 Å². The molecule has 6 heteroatoms. The predicted molar refractivity (Wildman–Crippen MR) is 71.2 cm³/mol. The highest BCUT2D eigenvalue weighted by atomic mass is 35.5. The zero-order chi connectivity index (χ0) is 11.4. The van der Waals surface area contributed by atoms with E-state index in [4.69, 9.17) is 17.3 Å². The van der Waals surface area contributed by atoms with Crippen LogP contribution in [-0.2, 0) is 11.3 Å². The van der Waals surface area contributed by atoms with E-state index in [0.29, 0.717) is 6.54 Å². The van der Waals surface area contributed by atoms with Gasteiger partial charge < -0.3 is 11.1 Å². The summed E-state index contributed by atoms with van der Waals surface area (Å²) < 4.78 is 0.729. The first-order chi connectivity index (χ1) is 7.00. The van der Waals surface area contributed by atoms with Crippen molar-refractivity contribution in [2.75, 3.05) is 0 Å². The number of nitrogens with one attached hydrogen (secondary N) is 1. The van der Waals surface area contributed by atoms with Crippen LogP contribution in [0.2, 0.25) is 4.34 Å². The molecule has 1 rings (SSSR count). The van der Waals surface area contributed by atoms with E-state index in [1.807, 2.05) is 26.0 Å². The van der Waals surface area contributed by atoms with Gasteiger partial charge in [0.25, 0.3) is 0 Å². The Hall–Kier alpha value is -0.290. The summed E-state index contributed by atoms with van der Waals surface area (Å²) in [6.07, 6.45) is 0. The molecule has 1 aromatic heterocycles. The maximum atomic E-state index is 11.5. The summed E-state index contributed by atoms with van der Waals surface area (Å²) in [5.41, 5.74) is 5.69. The number of hydrogen-bond acceptors (Lipinski definition) is 3. The van der Waals surface area contributed by atoms with Crippen LogP contribution in [-0.4, -0.2) is 11.9 Å². The number of rotatable bonds is 4. The molecule has 1 aromatic rings. The van der Waals surface area contributed by atoms with E-state index in [1.54, 1.807) is 0 Å². The third kappa shape index (κ3) is 4.70. The van der Waals surface area contributed by atoms with E-state index in [2.05, 4.69) is 5.32 Å². The lowest BCUT2D eigenvalue weighted by atomic mass is 10.1. The molecule has 1 heterocycles. The monoisotopic (exact) mass is 282 g/mol. The van der Waals surface area contributed by atoms with E-state index >= 15 is 0 Å². The quantitative estimate of drug-likeness (QED) is 0.891. The number of amides is 1. The maximum Gasteiger partial charge on any atom is 0.237 e. The summed E-state index contributed by atoms with van der Waals surface area (Å²) in [4.78, 5) is 12.5. The molecule has 0 aliphatic rings.